The number of aromatic amines is 1. The minimum absolute atomic E-state index is 0.0243. The Morgan fingerprint density at radius 3 is 2.63 bits per heavy atom. The van der Waals surface area contributed by atoms with Crippen molar-refractivity contribution < 1.29 is 26.5 Å². The number of aromatic nitrogens is 2. The first-order valence-corrected chi connectivity index (χ1v) is 14.2. The molecule has 1 aliphatic rings. The number of rotatable bonds is 8. The van der Waals surface area contributed by atoms with Crippen molar-refractivity contribution in [1.29, 1.82) is 5.41 Å². The number of sulfonamides is 1. The highest BCUT2D eigenvalue weighted by Crippen LogP contribution is 2.20. The maximum absolute atomic E-state index is 13.2. The van der Waals surface area contributed by atoms with Crippen molar-refractivity contribution in [2.45, 2.75) is 30.2 Å². The lowest BCUT2D eigenvalue weighted by molar-refractivity contribution is -0.123. The Kier molecular flexibility index (Phi) is 10.3. The molecule has 0 spiro atoms. The van der Waals surface area contributed by atoms with Gasteiger partial charge in [0.25, 0.3) is 11.4 Å². The van der Waals surface area contributed by atoms with E-state index in [1.807, 2.05) is 24.3 Å². The van der Waals surface area contributed by atoms with Gasteiger partial charge in [-0.15, -0.1) is 0 Å². The highest BCUT2D eigenvalue weighted by atomic mass is 32.2. The fourth-order valence-corrected chi connectivity index (χ4v) is 5.44. The minimum Gasteiger partial charge on any atom is -0.370 e. The molecule has 38 heavy (non-hydrogen) atoms. The molecule has 8 N–H and O–H groups in total. The molecule has 0 radical (unpaired) electrons. The second-order valence-electron chi connectivity index (χ2n) is 8.78. The van der Waals surface area contributed by atoms with Gasteiger partial charge in [-0.2, -0.15) is 8.93 Å². The third-order valence-electron chi connectivity index (χ3n) is 6.05. The summed E-state index contributed by atoms with van der Waals surface area (Å²) in [7, 11) is -3.96. The van der Waals surface area contributed by atoms with E-state index in [9.17, 15) is 13.2 Å². The maximum atomic E-state index is 13.2. The Bertz CT molecular complexity index is 1360. The summed E-state index contributed by atoms with van der Waals surface area (Å²) in [6, 6.07) is 11.3. The van der Waals surface area contributed by atoms with E-state index >= 15 is 0 Å². The summed E-state index contributed by atoms with van der Waals surface area (Å²) in [6.45, 7) is 1.69. The largest absolute Gasteiger partial charge is 0.370 e. The van der Waals surface area contributed by atoms with Crippen molar-refractivity contribution >= 4 is 44.0 Å². The molecule has 206 valence electrons. The zero-order valence-corrected chi connectivity index (χ0v) is 22.0. The third-order valence-corrected chi connectivity index (χ3v) is 7.52. The number of piperidine rings is 1. The molecule has 2 atom stereocenters. The second kappa shape index (κ2) is 13.4. The summed E-state index contributed by atoms with van der Waals surface area (Å²) in [5.41, 5.74) is 6.24. The van der Waals surface area contributed by atoms with Crippen LogP contribution in [0.15, 0.2) is 59.9 Å². The number of nitrogens with zero attached hydrogens (tertiary/aromatic N) is 2. The summed E-state index contributed by atoms with van der Waals surface area (Å²) in [5, 5.41) is 12.3. The molecular weight excluding hydrogens is 534 g/mol. The average molecular weight is 566 g/mol. The highest BCUT2D eigenvalue weighted by molar-refractivity contribution is 7.89. The number of carbonyl (C=O) groups is 1. The number of hydrogen-bond acceptors (Lipinski definition) is 6. The van der Waals surface area contributed by atoms with Gasteiger partial charge in [-0.1, -0.05) is 30.3 Å². The molecule has 3 aromatic rings. The Morgan fingerprint density at radius 1 is 1.26 bits per heavy atom. The lowest BCUT2D eigenvalue weighted by atomic mass is 9.98. The molecule has 0 saturated carbocycles. The van der Waals surface area contributed by atoms with E-state index in [0.29, 0.717) is 18.8 Å². The van der Waals surface area contributed by atoms with Crippen LogP contribution < -0.4 is 15.8 Å². The van der Waals surface area contributed by atoms with E-state index < -0.39 is 33.3 Å². The monoisotopic (exact) mass is 565 g/mol. The molecule has 1 aromatic heterocycles. The molecule has 1 amide bonds. The first-order chi connectivity index (χ1) is 18.0. The van der Waals surface area contributed by atoms with Gasteiger partial charge in [0.15, 0.2) is 5.96 Å². The van der Waals surface area contributed by atoms with Crippen molar-refractivity contribution in [2.24, 2.45) is 11.7 Å². The van der Waals surface area contributed by atoms with Crippen LogP contribution in [0.1, 0.15) is 18.5 Å². The number of nitrogens with two attached hydrogens (primary N) is 1. The summed E-state index contributed by atoms with van der Waals surface area (Å²) < 4.78 is 51.8. The van der Waals surface area contributed by atoms with Crippen LogP contribution >= 0.6 is 0 Å². The first kappa shape index (κ1) is 29.2. The number of amides is 1. The van der Waals surface area contributed by atoms with E-state index in [1.54, 1.807) is 23.2 Å². The number of guanidine groups is 1. The van der Waals surface area contributed by atoms with Gasteiger partial charge in [0, 0.05) is 37.9 Å². The quantitative estimate of drug-likeness (QED) is 0.117. The summed E-state index contributed by atoms with van der Waals surface area (Å²) in [4.78, 5) is 21.9. The number of benzene rings is 2. The van der Waals surface area contributed by atoms with Crippen molar-refractivity contribution in [3.05, 3.63) is 60.7 Å². The maximum Gasteiger partial charge on any atom is 0.299 e. The molecule has 4 rings (SSSR count). The SMILES string of the molecule is N=C(N)N1CCCC(CNC(=O)[C@@H](Cc2cnc[nH]2)NS(=O)(=O)c2ccc3ccccc3c2)C1.O=S(O)O. The number of likely N-dealkylation sites (tertiary alicyclic amines) is 1. The zero-order chi connectivity index (χ0) is 27.7. The molecule has 1 unspecified atom stereocenters. The lowest BCUT2D eigenvalue weighted by Crippen LogP contribution is -2.51. The Hall–Kier alpha value is -3.37. The number of hydrogen-bond donors (Lipinski definition) is 7. The van der Waals surface area contributed by atoms with Crippen molar-refractivity contribution in [2.75, 3.05) is 19.6 Å². The van der Waals surface area contributed by atoms with Crippen molar-refractivity contribution in [1.82, 2.24) is 24.9 Å². The fraction of sp³-hybridized carbons (Fsp3) is 0.348. The fourth-order valence-electron chi connectivity index (χ4n) is 4.21. The van der Waals surface area contributed by atoms with Gasteiger partial charge < -0.3 is 20.9 Å². The average Bonchev–Trinajstić information content (AvgIpc) is 3.39. The van der Waals surface area contributed by atoms with Crippen molar-refractivity contribution in [3.8, 4) is 0 Å². The Labute approximate surface area is 222 Å². The van der Waals surface area contributed by atoms with Gasteiger partial charge in [-0.25, -0.2) is 13.4 Å². The van der Waals surface area contributed by atoms with Gasteiger partial charge in [0.05, 0.1) is 11.2 Å². The topological polar surface area (TPSA) is 215 Å². The number of fused-ring (bicyclic) bond motifs is 1. The predicted octanol–water partition coefficient (Wildman–Crippen LogP) is 0.855. The summed E-state index contributed by atoms with van der Waals surface area (Å²) in [6.07, 6.45) is 4.96. The highest BCUT2D eigenvalue weighted by Gasteiger charge is 2.28. The lowest BCUT2D eigenvalue weighted by Gasteiger charge is -2.33. The predicted molar refractivity (Wildman–Crippen MR) is 143 cm³/mol. The van der Waals surface area contributed by atoms with E-state index in [2.05, 4.69) is 20.0 Å². The molecule has 1 aliphatic heterocycles. The molecule has 2 heterocycles. The molecule has 0 aliphatic carbocycles. The van der Waals surface area contributed by atoms with Crippen LogP contribution in [0.3, 0.4) is 0 Å². The van der Waals surface area contributed by atoms with E-state index in [0.717, 1.165) is 30.2 Å². The van der Waals surface area contributed by atoms with Crippen LogP contribution in [-0.2, 0) is 32.6 Å². The zero-order valence-electron chi connectivity index (χ0n) is 20.4. The minimum atomic E-state index is -3.96. The number of H-pyrrole nitrogens is 1. The Balaban J connectivity index is 0.000000934. The van der Waals surface area contributed by atoms with Gasteiger partial charge in [0.2, 0.25) is 15.9 Å². The number of carbonyl (C=O) groups excluding carboxylic acids is 1. The van der Waals surface area contributed by atoms with Crippen LogP contribution in [0.25, 0.3) is 10.8 Å². The summed E-state index contributed by atoms with van der Waals surface area (Å²) in [5.74, 6) is -0.262. The molecule has 1 saturated heterocycles. The molecule has 15 heteroatoms. The molecule has 1 fully saturated rings. The van der Waals surface area contributed by atoms with Crippen LogP contribution in [0.2, 0.25) is 0 Å². The number of nitrogens with one attached hydrogen (secondary N) is 4. The van der Waals surface area contributed by atoms with Gasteiger partial charge in [-0.05, 0) is 41.7 Å². The van der Waals surface area contributed by atoms with Gasteiger partial charge in [0.1, 0.15) is 6.04 Å². The Morgan fingerprint density at radius 2 is 1.97 bits per heavy atom. The van der Waals surface area contributed by atoms with Gasteiger partial charge >= 0.3 is 0 Å². The van der Waals surface area contributed by atoms with Crippen LogP contribution in [0.5, 0.6) is 0 Å². The standard InChI is InChI=1S/C23H29N7O3S.H2O3S/c24-23(25)30-9-3-4-16(14-30)12-27-22(31)21(11-19-13-26-15-28-19)29-34(32,33)20-8-7-17-5-1-2-6-18(17)10-20;1-4(2)3/h1-2,5-8,10,13,15-16,21,29H,3-4,9,11-12,14H2,(H3,24,25)(H,26,28)(H,27,31);(H2,1,2,3)/t16?,21-;/m1./s1. The second-order valence-corrected chi connectivity index (χ2v) is 11.0. The smallest absolute Gasteiger partial charge is 0.299 e. The molecule has 13 nitrogen and oxygen atoms in total. The van der Waals surface area contributed by atoms with E-state index in [-0.39, 0.29) is 23.2 Å². The van der Waals surface area contributed by atoms with E-state index in [1.165, 1.54) is 12.4 Å². The van der Waals surface area contributed by atoms with Crippen molar-refractivity contribution in [3.63, 3.8) is 0 Å². The number of imidazole rings is 1. The van der Waals surface area contributed by atoms with Crippen LogP contribution in [0, 0.1) is 11.3 Å². The van der Waals surface area contributed by atoms with Gasteiger partial charge in [-0.3, -0.25) is 19.3 Å². The van der Waals surface area contributed by atoms with Crippen LogP contribution in [-0.4, -0.2) is 74.1 Å². The van der Waals surface area contributed by atoms with Crippen LogP contribution in [0.4, 0.5) is 0 Å². The molecule has 2 aromatic carbocycles. The third kappa shape index (κ3) is 8.59. The molecule has 0 bridgehead atoms. The molecular formula is C23H31N7O6S2. The first-order valence-electron chi connectivity index (χ1n) is 11.7. The summed E-state index contributed by atoms with van der Waals surface area (Å²) >= 11 is -2.61. The normalized spacial score (nSPS) is 16.5. The van der Waals surface area contributed by atoms with E-state index in [4.69, 9.17) is 24.5 Å².